The molecule has 0 bridgehead atoms. The van der Waals surface area contributed by atoms with E-state index >= 15 is 0 Å². The van der Waals surface area contributed by atoms with Crippen molar-refractivity contribution < 1.29 is 14.6 Å². The highest BCUT2D eigenvalue weighted by molar-refractivity contribution is 5.27. The summed E-state index contributed by atoms with van der Waals surface area (Å²) in [5, 5.41) is 14.6. The summed E-state index contributed by atoms with van der Waals surface area (Å²) in [5.41, 5.74) is 0.769. The molecule has 0 spiro atoms. The van der Waals surface area contributed by atoms with Gasteiger partial charge in [0.1, 0.15) is 11.8 Å². The zero-order chi connectivity index (χ0) is 12.3. The molecule has 96 valence electrons. The van der Waals surface area contributed by atoms with Gasteiger partial charge in [-0.3, -0.25) is 4.68 Å². The van der Waals surface area contributed by atoms with Gasteiger partial charge >= 0.3 is 0 Å². The van der Waals surface area contributed by atoms with Crippen LogP contribution in [0.2, 0.25) is 0 Å². The van der Waals surface area contributed by atoms with Gasteiger partial charge in [-0.15, -0.1) is 0 Å². The topological polar surface area (TPSA) is 56.5 Å². The van der Waals surface area contributed by atoms with Gasteiger partial charge in [0.25, 0.3) is 0 Å². The first-order valence-electron chi connectivity index (χ1n) is 6.13. The van der Waals surface area contributed by atoms with E-state index in [1.807, 2.05) is 6.92 Å². The highest BCUT2D eigenvalue weighted by Crippen LogP contribution is 2.33. The number of aromatic nitrogens is 2. The largest absolute Gasteiger partial charge is 0.493 e. The van der Waals surface area contributed by atoms with Crippen LogP contribution in [0.1, 0.15) is 31.6 Å². The molecule has 1 aliphatic rings. The van der Waals surface area contributed by atoms with Crippen LogP contribution in [0, 0.1) is 5.92 Å². The third-order valence-corrected chi connectivity index (χ3v) is 3.29. The Morgan fingerprint density at radius 3 is 3.12 bits per heavy atom. The standard InChI is InChI=1S/C12H20N2O3/c1-3-14-11(10(16-2)7-13-14)12(15)9-5-4-6-17-8-9/h7,9,12,15H,3-6,8H2,1-2H3. The Bertz CT molecular complexity index is 337. The maximum atomic E-state index is 10.4. The minimum Gasteiger partial charge on any atom is -0.493 e. The second-order valence-electron chi connectivity index (χ2n) is 4.34. The van der Waals surface area contributed by atoms with E-state index in [0.29, 0.717) is 12.4 Å². The van der Waals surface area contributed by atoms with Crippen LogP contribution in [-0.4, -0.2) is 35.2 Å². The molecule has 2 atom stereocenters. The van der Waals surface area contributed by atoms with E-state index in [1.54, 1.807) is 18.0 Å². The first-order valence-corrected chi connectivity index (χ1v) is 6.13. The Morgan fingerprint density at radius 2 is 2.53 bits per heavy atom. The summed E-state index contributed by atoms with van der Waals surface area (Å²) in [6.07, 6.45) is 3.09. The van der Waals surface area contributed by atoms with Crippen LogP contribution < -0.4 is 4.74 Å². The van der Waals surface area contributed by atoms with Gasteiger partial charge in [0, 0.05) is 19.1 Å². The van der Waals surface area contributed by atoms with Crippen molar-refractivity contribution in [3.8, 4) is 5.75 Å². The molecule has 1 aromatic heterocycles. The third kappa shape index (κ3) is 2.45. The van der Waals surface area contributed by atoms with Crippen LogP contribution in [0.25, 0.3) is 0 Å². The zero-order valence-electron chi connectivity index (χ0n) is 10.4. The van der Waals surface area contributed by atoms with Gasteiger partial charge in [-0.25, -0.2) is 0 Å². The molecule has 1 saturated heterocycles. The summed E-state index contributed by atoms with van der Waals surface area (Å²) < 4.78 is 12.5. The van der Waals surface area contributed by atoms with Crippen molar-refractivity contribution in [2.45, 2.75) is 32.4 Å². The number of hydrogen-bond donors (Lipinski definition) is 1. The Hall–Kier alpha value is -1.07. The fourth-order valence-electron chi connectivity index (χ4n) is 2.32. The summed E-state index contributed by atoms with van der Waals surface area (Å²) >= 11 is 0. The minimum absolute atomic E-state index is 0.139. The molecule has 0 amide bonds. The number of hydrogen-bond acceptors (Lipinski definition) is 4. The molecule has 5 heteroatoms. The fraction of sp³-hybridized carbons (Fsp3) is 0.750. The Balaban J connectivity index is 2.21. The van der Waals surface area contributed by atoms with E-state index in [-0.39, 0.29) is 5.92 Å². The normalized spacial score (nSPS) is 22.4. The summed E-state index contributed by atoms with van der Waals surface area (Å²) in [6, 6.07) is 0. The zero-order valence-corrected chi connectivity index (χ0v) is 10.4. The second-order valence-corrected chi connectivity index (χ2v) is 4.34. The van der Waals surface area contributed by atoms with Crippen molar-refractivity contribution in [1.29, 1.82) is 0 Å². The lowest BCUT2D eigenvalue weighted by molar-refractivity contribution is -0.0139. The maximum absolute atomic E-state index is 10.4. The third-order valence-electron chi connectivity index (χ3n) is 3.29. The van der Waals surface area contributed by atoms with E-state index in [4.69, 9.17) is 9.47 Å². The van der Waals surface area contributed by atoms with Gasteiger partial charge in [0.2, 0.25) is 0 Å². The molecule has 17 heavy (non-hydrogen) atoms. The number of nitrogens with zero attached hydrogens (tertiary/aromatic N) is 2. The monoisotopic (exact) mass is 240 g/mol. The van der Waals surface area contributed by atoms with E-state index in [1.165, 1.54) is 0 Å². The fourth-order valence-corrected chi connectivity index (χ4v) is 2.32. The van der Waals surface area contributed by atoms with Crippen LogP contribution in [0.5, 0.6) is 5.75 Å². The first kappa shape index (κ1) is 12.4. The van der Waals surface area contributed by atoms with Crippen LogP contribution >= 0.6 is 0 Å². The number of aliphatic hydroxyl groups is 1. The van der Waals surface area contributed by atoms with Crippen LogP contribution in [0.4, 0.5) is 0 Å². The first-order chi connectivity index (χ1) is 8.27. The number of aryl methyl sites for hydroxylation is 1. The molecule has 2 rings (SSSR count). The predicted molar refractivity (Wildman–Crippen MR) is 63.0 cm³/mol. The van der Waals surface area contributed by atoms with Gasteiger partial charge < -0.3 is 14.6 Å². The number of rotatable bonds is 4. The van der Waals surface area contributed by atoms with Gasteiger partial charge in [-0.05, 0) is 19.8 Å². The van der Waals surface area contributed by atoms with Gasteiger partial charge in [-0.2, -0.15) is 5.10 Å². The quantitative estimate of drug-likeness (QED) is 0.863. The molecule has 1 fully saturated rings. The molecule has 0 radical (unpaired) electrons. The number of aliphatic hydroxyl groups excluding tert-OH is 1. The summed E-state index contributed by atoms with van der Waals surface area (Å²) in [7, 11) is 1.60. The molecule has 0 saturated carbocycles. The van der Waals surface area contributed by atoms with Crippen molar-refractivity contribution >= 4 is 0 Å². The van der Waals surface area contributed by atoms with Crippen LogP contribution in [-0.2, 0) is 11.3 Å². The van der Waals surface area contributed by atoms with Crippen molar-refractivity contribution in [3.05, 3.63) is 11.9 Å². The SMILES string of the molecule is CCn1ncc(OC)c1C(O)C1CCCOC1. The van der Waals surface area contributed by atoms with E-state index < -0.39 is 6.10 Å². The number of ether oxygens (including phenoxy) is 2. The van der Waals surface area contributed by atoms with E-state index in [9.17, 15) is 5.11 Å². The van der Waals surface area contributed by atoms with Gasteiger partial charge in [0.15, 0.2) is 5.75 Å². The Kier molecular flexibility index (Phi) is 4.02. The summed E-state index contributed by atoms with van der Waals surface area (Å²) in [4.78, 5) is 0. The molecule has 0 aromatic carbocycles. The highest BCUT2D eigenvalue weighted by Gasteiger charge is 2.29. The molecule has 2 unspecified atom stereocenters. The van der Waals surface area contributed by atoms with Gasteiger partial charge in [0.05, 0.1) is 19.9 Å². The molecular weight excluding hydrogens is 220 g/mol. The van der Waals surface area contributed by atoms with E-state index in [2.05, 4.69) is 5.10 Å². The summed E-state index contributed by atoms with van der Waals surface area (Å²) in [5.74, 6) is 0.796. The molecule has 2 heterocycles. The lowest BCUT2D eigenvalue weighted by Gasteiger charge is -2.27. The average molecular weight is 240 g/mol. The van der Waals surface area contributed by atoms with Gasteiger partial charge in [-0.1, -0.05) is 0 Å². The molecular formula is C12H20N2O3. The highest BCUT2D eigenvalue weighted by atomic mass is 16.5. The minimum atomic E-state index is -0.562. The average Bonchev–Trinajstić information content (AvgIpc) is 2.81. The van der Waals surface area contributed by atoms with Crippen molar-refractivity contribution in [2.24, 2.45) is 5.92 Å². The lowest BCUT2D eigenvalue weighted by atomic mass is 9.93. The van der Waals surface area contributed by atoms with Crippen LogP contribution in [0.15, 0.2) is 6.20 Å². The molecule has 1 N–H and O–H groups in total. The molecule has 5 nitrogen and oxygen atoms in total. The predicted octanol–water partition coefficient (Wildman–Crippen LogP) is 1.37. The Labute approximate surface area is 101 Å². The molecule has 1 aliphatic heterocycles. The van der Waals surface area contributed by atoms with Crippen LogP contribution in [0.3, 0.4) is 0 Å². The smallest absolute Gasteiger partial charge is 0.162 e. The Morgan fingerprint density at radius 1 is 1.71 bits per heavy atom. The van der Waals surface area contributed by atoms with Crippen molar-refractivity contribution in [2.75, 3.05) is 20.3 Å². The lowest BCUT2D eigenvalue weighted by Crippen LogP contribution is -2.25. The van der Waals surface area contributed by atoms with E-state index in [0.717, 1.165) is 31.7 Å². The second kappa shape index (κ2) is 5.51. The molecule has 0 aliphatic carbocycles. The molecule has 1 aromatic rings. The maximum Gasteiger partial charge on any atom is 0.162 e. The van der Waals surface area contributed by atoms with Crippen molar-refractivity contribution in [1.82, 2.24) is 9.78 Å². The number of methoxy groups -OCH3 is 1. The summed E-state index contributed by atoms with van der Waals surface area (Å²) in [6.45, 7) is 4.13. The van der Waals surface area contributed by atoms with Crippen molar-refractivity contribution in [3.63, 3.8) is 0 Å².